The predicted octanol–water partition coefficient (Wildman–Crippen LogP) is 3.26. The predicted molar refractivity (Wildman–Crippen MR) is 93.9 cm³/mol. The van der Waals surface area contributed by atoms with Crippen LogP contribution >= 0.6 is 0 Å². The third kappa shape index (κ3) is 3.26. The maximum Gasteiger partial charge on any atom is 0.264 e. The highest BCUT2D eigenvalue weighted by Gasteiger charge is 2.34. The first-order valence-corrected chi connectivity index (χ1v) is 8.06. The summed E-state index contributed by atoms with van der Waals surface area (Å²) in [5.41, 5.74) is 2.35. The minimum atomic E-state index is -0.354. The van der Waals surface area contributed by atoms with Crippen molar-refractivity contribution in [3.05, 3.63) is 71.5 Å². The molecule has 2 aromatic carbocycles. The van der Waals surface area contributed by atoms with Crippen molar-refractivity contribution < 1.29 is 19.1 Å². The van der Waals surface area contributed by atoms with Crippen molar-refractivity contribution >= 4 is 17.4 Å². The summed E-state index contributed by atoms with van der Waals surface area (Å²) < 4.78 is 10.5. The standard InChI is InChI=1S/C20H19NO4/c1-3-25-13-18-16-6-4-5-7-17(16)19(22)21(20(18)23)12-14-8-10-15(24-2)11-9-14/h4-11,13H,3,12H2,1-2H3/b18-13-. The van der Waals surface area contributed by atoms with Crippen LogP contribution in [0.15, 0.2) is 54.8 Å². The average Bonchev–Trinajstić information content (AvgIpc) is 2.65. The Balaban J connectivity index is 1.96. The van der Waals surface area contributed by atoms with E-state index in [1.54, 1.807) is 43.5 Å². The topological polar surface area (TPSA) is 55.8 Å². The molecule has 0 bridgehead atoms. The van der Waals surface area contributed by atoms with E-state index in [-0.39, 0.29) is 18.4 Å². The first-order chi connectivity index (χ1) is 12.2. The van der Waals surface area contributed by atoms with Crippen molar-refractivity contribution in [1.29, 1.82) is 0 Å². The van der Waals surface area contributed by atoms with Crippen LogP contribution in [0, 0.1) is 0 Å². The Bertz CT molecular complexity index is 824. The molecule has 0 radical (unpaired) electrons. The smallest absolute Gasteiger partial charge is 0.264 e. The molecule has 1 aliphatic rings. The zero-order valence-electron chi connectivity index (χ0n) is 14.2. The lowest BCUT2D eigenvalue weighted by atomic mass is 9.94. The number of carbonyl (C=O) groups excluding carboxylic acids is 2. The summed E-state index contributed by atoms with van der Waals surface area (Å²) in [5.74, 6) is 0.0698. The molecule has 1 aliphatic heterocycles. The van der Waals surface area contributed by atoms with E-state index in [0.29, 0.717) is 23.3 Å². The van der Waals surface area contributed by atoms with Gasteiger partial charge >= 0.3 is 0 Å². The third-order valence-electron chi connectivity index (χ3n) is 4.04. The summed E-state index contributed by atoms with van der Waals surface area (Å²) in [5, 5.41) is 0. The molecule has 1 heterocycles. The molecule has 5 heteroatoms. The Morgan fingerprint density at radius 3 is 2.28 bits per heavy atom. The van der Waals surface area contributed by atoms with Gasteiger partial charge in [0.15, 0.2) is 0 Å². The van der Waals surface area contributed by atoms with Gasteiger partial charge in [-0.1, -0.05) is 30.3 Å². The normalized spacial score (nSPS) is 15.3. The molecule has 5 nitrogen and oxygen atoms in total. The van der Waals surface area contributed by atoms with Crippen LogP contribution < -0.4 is 4.74 Å². The zero-order chi connectivity index (χ0) is 17.8. The van der Waals surface area contributed by atoms with Gasteiger partial charge in [0.2, 0.25) is 0 Å². The van der Waals surface area contributed by atoms with Gasteiger partial charge in [0.1, 0.15) is 5.75 Å². The fourth-order valence-electron chi connectivity index (χ4n) is 2.74. The summed E-state index contributed by atoms with van der Waals surface area (Å²) in [6, 6.07) is 14.4. The summed E-state index contributed by atoms with van der Waals surface area (Å²) in [4.78, 5) is 26.9. The Morgan fingerprint density at radius 2 is 1.64 bits per heavy atom. The highest BCUT2D eigenvalue weighted by Crippen LogP contribution is 2.30. The Morgan fingerprint density at radius 1 is 0.960 bits per heavy atom. The second-order valence-corrected chi connectivity index (χ2v) is 5.58. The number of nitrogens with zero attached hydrogens (tertiary/aromatic N) is 1. The quantitative estimate of drug-likeness (QED) is 0.477. The van der Waals surface area contributed by atoms with Crippen LogP contribution in [0.25, 0.3) is 5.57 Å². The van der Waals surface area contributed by atoms with Crippen molar-refractivity contribution in [2.45, 2.75) is 13.5 Å². The minimum Gasteiger partial charge on any atom is -0.501 e. The molecule has 0 saturated carbocycles. The lowest BCUT2D eigenvalue weighted by Crippen LogP contribution is -2.41. The van der Waals surface area contributed by atoms with Gasteiger partial charge in [0.05, 0.1) is 32.1 Å². The van der Waals surface area contributed by atoms with Crippen LogP contribution in [0.1, 0.15) is 28.4 Å². The molecule has 0 atom stereocenters. The number of fused-ring (bicyclic) bond motifs is 1. The highest BCUT2D eigenvalue weighted by molar-refractivity contribution is 6.30. The van der Waals surface area contributed by atoms with Gasteiger partial charge in [0.25, 0.3) is 11.8 Å². The molecule has 0 aromatic heterocycles. The fourth-order valence-corrected chi connectivity index (χ4v) is 2.74. The van der Waals surface area contributed by atoms with E-state index in [1.807, 2.05) is 19.1 Å². The van der Waals surface area contributed by atoms with Crippen molar-refractivity contribution in [3.63, 3.8) is 0 Å². The van der Waals surface area contributed by atoms with Gasteiger partial charge in [0, 0.05) is 11.1 Å². The highest BCUT2D eigenvalue weighted by atomic mass is 16.5. The summed E-state index contributed by atoms with van der Waals surface area (Å²) in [6.07, 6.45) is 1.44. The SMILES string of the molecule is CCO/C=C1\C(=O)N(Cc2ccc(OC)cc2)C(=O)c2ccccc21. The number of ether oxygens (including phenoxy) is 2. The fraction of sp³-hybridized carbons (Fsp3) is 0.200. The molecule has 2 aromatic rings. The number of benzene rings is 2. The molecule has 3 rings (SSSR count). The Hall–Kier alpha value is -3.08. The number of amides is 2. The summed E-state index contributed by atoms with van der Waals surface area (Å²) in [7, 11) is 1.59. The van der Waals surface area contributed by atoms with Crippen LogP contribution in [0.3, 0.4) is 0 Å². The molecule has 0 saturated heterocycles. The Kier molecular flexibility index (Phi) is 4.84. The lowest BCUT2D eigenvalue weighted by molar-refractivity contribution is -0.123. The number of rotatable bonds is 5. The number of hydrogen-bond acceptors (Lipinski definition) is 4. The molecule has 0 aliphatic carbocycles. The van der Waals surface area contributed by atoms with Crippen LogP contribution in [-0.2, 0) is 16.1 Å². The lowest BCUT2D eigenvalue weighted by Gasteiger charge is -2.28. The van der Waals surface area contributed by atoms with E-state index in [2.05, 4.69) is 0 Å². The van der Waals surface area contributed by atoms with E-state index < -0.39 is 0 Å². The molecule has 0 unspecified atom stereocenters. The second-order valence-electron chi connectivity index (χ2n) is 5.58. The molecule has 0 N–H and O–H groups in total. The van der Waals surface area contributed by atoms with Crippen molar-refractivity contribution in [2.24, 2.45) is 0 Å². The largest absolute Gasteiger partial charge is 0.501 e. The summed E-state index contributed by atoms with van der Waals surface area (Å²) in [6.45, 7) is 2.49. The zero-order valence-corrected chi connectivity index (χ0v) is 14.2. The molecule has 0 spiro atoms. The molecule has 0 fully saturated rings. The maximum absolute atomic E-state index is 12.9. The number of methoxy groups -OCH3 is 1. The van der Waals surface area contributed by atoms with Crippen molar-refractivity contribution in [1.82, 2.24) is 4.90 Å². The van der Waals surface area contributed by atoms with Gasteiger partial charge in [-0.25, -0.2) is 0 Å². The van der Waals surface area contributed by atoms with Crippen molar-refractivity contribution in [3.8, 4) is 5.75 Å². The van der Waals surface area contributed by atoms with Crippen LogP contribution in [0.4, 0.5) is 0 Å². The molecular formula is C20H19NO4. The van der Waals surface area contributed by atoms with Gasteiger partial charge in [-0.05, 0) is 30.7 Å². The van der Waals surface area contributed by atoms with Crippen LogP contribution in [-0.4, -0.2) is 30.4 Å². The van der Waals surface area contributed by atoms with E-state index in [0.717, 1.165) is 11.3 Å². The average molecular weight is 337 g/mol. The molecule has 25 heavy (non-hydrogen) atoms. The van der Waals surface area contributed by atoms with Gasteiger partial charge in [-0.15, -0.1) is 0 Å². The van der Waals surface area contributed by atoms with Gasteiger partial charge in [-0.2, -0.15) is 0 Å². The third-order valence-corrected chi connectivity index (χ3v) is 4.04. The number of imide groups is 1. The second kappa shape index (κ2) is 7.21. The van der Waals surface area contributed by atoms with Crippen LogP contribution in [0.5, 0.6) is 5.75 Å². The maximum atomic E-state index is 12.9. The Labute approximate surface area is 146 Å². The molecular weight excluding hydrogens is 318 g/mol. The number of hydrogen-bond donors (Lipinski definition) is 0. The van der Waals surface area contributed by atoms with Crippen LogP contribution in [0.2, 0.25) is 0 Å². The number of carbonyl (C=O) groups is 2. The van der Waals surface area contributed by atoms with Crippen molar-refractivity contribution in [2.75, 3.05) is 13.7 Å². The van der Waals surface area contributed by atoms with Gasteiger partial charge in [-0.3, -0.25) is 14.5 Å². The van der Waals surface area contributed by atoms with E-state index >= 15 is 0 Å². The first kappa shape index (κ1) is 16.8. The monoisotopic (exact) mass is 337 g/mol. The van der Waals surface area contributed by atoms with E-state index in [4.69, 9.17) is 9.47 Å². The minimum absolute atomic E-state index is 0.194. The van der Waals surface area contributed by atoms with E-state index in [1.165, 1.54) is 11.2 Å². The molecule has 128 valence electrons. The molecule has 2 amide bonds. The van der Waals surface area contributed by atoms with Gasteiger partial charge < -0.3 is 9.47 Å². The summed E-state index contributed by atoms with van der Waals surface area (Å²) >= 11 is 0. The van der Waals surface area contributed by atoms with E-state index in [9.17, 15) is 9.59 Å². The first-order valence-electron chi connectivity index (χ1n) is 8.06.